The summed E-state index contributed by atoms with van der Waals surface area (Å²) in [5.41, 5.74) is 8.32. The van der Waals surface area contributed by atoms with Gasteiger partial charge in [-0.2, -0.15) is 0 Å². The van der Waals surface area contributed by atoms with E-state index in [1.54, 1.807) is 0 Å². The molecule has 2 aliphatic heterocycles. The summed E-state index contributed by atoms with van der Waals surface area (Å²) in [5, 5.41) is 71.2. The number of rotatable bonds is 5. The molecule has 0 aromatic carbocycles. The number of ether oxygens (including phenoxy) is 3. The number of aliphatic hydroxyl groups is 7. The molecular formula is C12H21N3O10. The summed E-state index contributed by atoms with van der Waals surface area (Å²) in [6.45, 7) is -1.05. The molecule has 2 heterocycles. The second-order valence-electron chi connectivity index (χ2n) is 5.76. The van der Waals surface area contributed by atoms with Gasteiger partial charge in [0.15, 0.2) is 12.6 Å². The van der Waals surface area contributed by atoms with Gasteiger partial charge in [-0.1, -0.05) is 5.11 Å². The minimum Gasteiger partial charge on any atom is -0.394 e. The Morgan fingerprint density at radius 1 is 0.800 bits per heavy atom. The Morgan fingerprint density at radius 3 is 1.76 bits per heavy atom. The average molecular weight is 367 g/mol. The molecule has 6 unspecified atom stereocenters. The first-order valence-electron chi connectivity index (χ1n) is 7.48. The van der Waals surface area contributed by atoms with Gasteiger partial charge in [-0.25, -0.2) is 0 Å². The molecule has 0 amide bonds. The lowest BCUT2D eigenvalue weighted by molar-refractivity contribution is -0.374. The Morgan fingerprint density at radius 2 is 1.28 bits per heavy atom. The van der Waals surface area contributed by atoms with E-state index in [1.165, 1.54) is 0 Å². The topological polar surface area (TPSA) is 218 Å². The fraction of sp³-hybridized carbons (Fsp3) is 1.00. The molecule has 2 saturated heterocycles. The molecule has 2 fully saturated rings. The van der Waals surface area contributed by atoms with Crippen LogP contribution in [0.5, 0.6) is 0 Å². The maximum absolute atomic E-state index is 9.95. The smallest absolute Gasteiger partial charge is 0.189 e. The third kappa shape index (κ3) is 4.19. The predicted molar refractivity (Wildman–Crippen MR) is 75.5 cm³/mol. The zero-order valence-electron chi connectivity index (χ0n) is 12.9. The Kier molecular flexibility index (Phi) is 6.90. The van der Waals surface area contributed by atoms with Crippen LogP contribution in [0.3, 0.4) is 0 Å². The lowest BCUT2D eigenvalue weighted by Gasteiger charge is -2.44. The van der Waals surface area contributed by atoms with Gasteiger partial charge >= 0.3 is 0 Å². The van der Waals surface area contributed by atoms with Crippen LogP contribution in [0, 0.1) is 0 Å². The number of nitrogens with zero attached hydrogens (tertiary/aromatic N) is 3. The first-order chi connectivity index (χ1) is 11.8. The molecule has 25 heavy (non-hydrogen) atoms. The molecular weight excluding hydrogens is 346 g/mol. The first kappa shape index (κ1) is 20.2. The molecule has 2 aliphatic rings. The standard InChI is InChI=1S/C12H21N3O10/c13-15-14-1-3-5(17)7(19)9(21)11(23-3)25-12-10(22)8(20)6(18)4(2-16)24-12/h3-12,16-22H,1-2H2/t3?,4?,5-,6-,7?,8?,9?,10?,11-,12-/m1/s1. The van der Waals surface area contributed by atoms with Gasteiger partial charge in [0.05, 0.1) is 19.3 Å². The van der Waals surface area contributed by atoms with E-state index in [2.05, 4.69) is 10.0 Å². The van der Waals surface area contributed by atoms with Crippen LogP contribution in [0.15, 0.2) is 5.11 Å². The van der Waals surface area contributed by atoms with Gasteiger partial charge in [-0.15, -0.1) is 0 Å². The molecule has 10 atom stereocenters. The fourth-order valence-corrected chi connectivity index (χ4v) is 2.61. The van der Waals surface area contributed by atoms with Crippen LogP contribution >= 0.6 is 0 Å². The molecule has 0 aromatic rings. The van der Waals surface area contributed by atoms with E-state index in [4.69, 9.17) is 24.8 Å². The fourth-order valence-electron chi connectivity index (χ4n) is 2.61. The van der Waals surface area contributed by atoms with Crippen molar-refractivity contribution in [2.45, 2.75) is 61.4 Å². The summed E-state index contributed by atoms with van der Waals surface area (Å²) in [6.07, 6.45) is -15.7. The Labute approximate surface area is 141 Å². The molecule has 0 radical (unpaired) electrons. The van der Waals surface area contributed by atoms with Crippen molar-refractivity contribution in [2.75, 3.05) is 13.2 Å². The van der Waals surface area contributed by atoms with Crippen molar-refractivity contribution in [2.24, 2.45) is 5.11 Å². The van der Waals surface area contributed by atoms with Gasteiger partial charge in [0.25, 0.3) is 0 Å². The van der Waals surface area contributed by atoms with Crippen molar-refractivity contribution >= 4 is 0 Å². The molecule has 0 aliphatic carbocycles. The highest BCUT2D eigenvalue weighted by atomic mass is 16.8. The van der Waals surface area contributed by atoms with Gasteiger partial charge in [-0.3, -0.25) is 0 Å². The zero-order chi connectivity index (χ0) is 18.7. The van der Waals surface area contributed by atoms with Gasteiger partial charge in [-0.05, 0) is 5.53 Å². The highest BCUT2D eigenvalue weighted by molar-refractivity contribution is 4.92. The number of azide groups is 1. The summed E-state index contributed by atoms with van der Waals surface area (Å²) in [4.78, 5) is 2.50. The van der Waals surface area contributed by atoms with Crippen LogP contribution in [0.4, 0.5) is 0 Å². The van der Waals surface area contributed by atoms with E-state index in [1.807, 2.05) is 0 Å². The van der Waals surface area contributed by atoms with Gasteiger partial charge in [0.1, 0.15) is 42.7 Å². The molecule has 144 valence electrons. The second-order valence-corrected chi connectivity index (χ2v) is 5.76. The van der Waals surface area contributed by atoms with E-state index in [9.17, 15) is 30.6 Å². The van der Waals surface area contributed by atoms with Crippen LogP contribution in [-0.4, -0.2) is 110 Å². The van der Waals surface area contributed by atoms with Crippen molar-refractivity contribution in [3.63, 3.8) is 0 Å². The summed E-state index contributed by atoms with van der Waals surface area (Å²) < 4.78 is 15.5. The van der Waals surface area contributed by atoms with E-state index in [-0.39, 0.29) is 6.54 Å². The minimum absolute atomic E-state index is 0.365. The largest absolute Gasteiger partial charge is 0.394 e. The Hall–Kier alpha value is -1.09. The highest BCUT2D eigenvalue weighted by Gasteiger charge is 2.49. The highest BCUT2D eigenvalue weighted by Crippen LogP contribution is 2.28. The maximum atomic E-state index is 9.95. The normalized spacial score (nSPS) is 48.0. The Bertz CT molecular complexity index is 490. The van der Waals surface area contributed by atoms with Gasteiger partial charge in [0.2, 0.25) is 0 Å². The quantitative estimate of drug-likeness (QED) is 0.141. The lowest BCUT2D eigenvalue weighted by atomic mass is 9.98. The predicted octanol–water partition coefficient (Wildman–Crippen LogP) is -4.08. The summed E-state index contributed by atoms with van der Waals surface area (Å²) >= 11 is 0. The van der Waals surface area contributed by atoms with Crippen LogP contribution in [0.1, 0.15) is 0 Å². The molecule has 13 heteroatoms. The Balaban J connectivity index is 2.09. The first-order valence-corrected chi connectivity index (χ1v) is 7.48. The molecule has 2 rings (SSSR count). The van der Waals surface area contributed by atoms with Crippen molar-refractivity contribution in [3.8, 4) is 0 Å². The summed E-state index contributed by atoms with van der Waals surface area (Å²) in [5.74, 6) is 0. The lowest BCUT2D eigenvalue weighted by Crippen LogP contribution is -2.63. The molecule has 0 bridgehead atoms. The maximum Gasteiger partial charge on any atom is 0.189 e. The van der Waals surface area contributed by atoms with Crippen LogP contribution in [0.2, 0.25) is 0 Å². The molecule has 0 spiro atoms. The average Bonchev–Trinajstić information content (AvgIpc) is 2.61. The van der Waals surface area contributed by atoms with Crippen molar-refractivity contribution < 1.29 is 50.0 Å². The van der Waals surface area contributed by atoms with Crippen LogP contribution < -0.4 is 0 Å². The van der Waals surface area contributed by atoms with Crippen molar-refractivity contribution in [1.82, 2.24) is 0 Å². The monoisotopic (exact) mass is 367 g/mol. The SMILES string of the molecule is [N-]=[N+]=NCC1O[C@H](O[C@H]2OC(CO)[C@@H](O)C(O)C2O)C(O)C(O)[C@@H]1O. The van der Waals surface area contributed by atoms with E-state index < -0.39 is 68.0 Å². The van der Waals surface area contributed by atoms with Crippen LogP contribution in [0.25, 0.3) is 10.4 Å². The van der Waals surface area contributed by atoms with E-state index >= 15 is 0 Å². The third-order valence-electron chi connectivity index (χ3n) is 4.11. The second kappa shape index (κ2) is 8.53. The third-order valence-corrected chi connectivity index (χ3v) is 4.11. The van der Waals surface area contributed by atoms with E-state index in [0.717, 1.165) is 0 Å². The van der Waals surface area contributed by atoms with Crippen molar-refractivity contribution in [1.29, 1.82) is 0 Å². The van der Waals surface area contributed by atoms with Gasteiger partial charge in [0, 0.05) is 4.91 Å². The molecule has 7 N–H and O–H groups in total. The van der Waals surface area contributed by atoms with Crippen LogP contribution in [-0.2, 0) is 14.2 Å². The number of aliphatic hydroxyl groups excluding tert-OH is 7. The number of hydrogen-bond acceptors (Lipinski definition) is 11. The zero-order valence-corrected chi connectivity index (χ0v) is 12.9. The van der Waals surface area contributed by atoms with Crippen molar-refractivity contribution in [3.05, 3.63) is 10.4 Å². The molecule has 13 nitrogen and oxygen atoms in total. The van der Waals surface area contributed by atoms with E-state index in [0.29, 0.717) is 0 Å². The summed E-state index contributed by atoms with van der Waals surface area (Å²) in [7, 11) is 0. The summed E-state index contributed by atoms with van der Waals surface area (Å²) in [6, 6.07) is 0. The molecule has 0 saturated carbocycles. The molecule has 0 aromatic heterocycles. The number of hydrogen-bond donors (Lipinski definition) is 7. The minimum atomic E-state index is -1.75. The van der Waals surface area contributed by atoms with Gasteiger partial charge < -0.3 is 50.0 Å².